The first kappa shape index (κ1) is 25.0. The predicted octanol–water partition coefficient (Wildman–Crippen LogP) is 1.63. The summed E-state index contributed by atoms with van der Waals surface area (Å²) in [5.41, 5.74) is 1.00. The molecule has 0 bridgehead atoms. The topological polar surface area (TPSA) is 105 Å². The molecule has 2 aromatic rings. The van der Waals surface area contributed by atoms with Gasteiger partial charge in [0.15, 0.2) is 0 Å². The SMILES string of the molecule is CNC(=O)C(C)N(Cc1ccc(OC)cc1)C(=O)CN(c1ccccc1OC)S(C)(=O)=O. The van der Waals surface area contributed by atoms with Gasteiger partial charge >= 0.3 is 0 Å². The van der Waals surface area contributed by atoms with E-state index in [0.717, 1.165) is 16.1 Å². The van der Waals surface area contributed by atoms with E-state index in [1.165, 1.54) is 19.1 Å². The zero-order chi connectivity index (χ0) is 23.9. The Kier molecular flexibility index (Phi) is 8.48. The third-order valence-electron chi connectivity index (χ3n) is 4.96. The van der Waals surface area contributed by atoms with Crippen LogP contribution in [0.3, 0.4) is 0 Å². The highest BCUT2D eigenvalue weighted by atomic mass is 32.2. The van der Waals surface area contributed by atoms with Crippen molar-refractivity contribution in [2.45, 2.75) is 19.5 Å². The number of rotatable bonds is 10. The van der Waals surface area contributed by atoms with Crippen LogP contribution in [0.4, 0.5) is 5.69 Å². The molecule has 0 aromatic heterocycles. The minimum Gasteiger partial charge on any atom is -0.497 e. The van der Waals surface area contributed by atoms with Gasteiger partial charge in [-0.25, -0.2) is 8.42 Å². The molecule has 32 heavy (non-hydrogen) atoms. The van der Waals surface area contributed by atoms with Crippen molar-refractivity contribution in [2.75, 3.05) is 38.4 Å². The van der Waals surface area contributed by atoms with E-state index in [0.29, 0.717) is 11.5 Å². The molecule has 0 fully saturated rings. The minimum absolute atomic E-state index is 0.112. The van der Waals surface area contributed by atoms with Crippen LogP contribution in [-0.4, -0.2) is 65.2 Å². The zero-order valence-corrected chi connectivity index (χ0v) is 19.7. The van der Waals surface area contributed by atoms with Crippen LogP contribution >= 0.6 is 0 Å². The average Bonchev–Trinajstić information content (AvgIpc) is 2.79. The normalized spacial score (nSPS) is 11.9. The minimum atomic E-state index is -3.82. The van der Waals surface area contributed by atoms with E-state index >= 15 is 0 Å². The van der Waals surface area contributed by atoms with E-state index in [2.05, 4.69) is 5.32 Å². The first-order chi connectivity index (χ1) is 15.1. The fourth-order valence-corrected chi connectivity index (χ4v) is 4.00. The smallest absolute Gasteiger partial charge is 0.244 e. The second kappa shape index (κ2) is 10.9. The number of benzene rings is 2. The van der Waals surface area contributed by atoms with Crippen molar-refractivity contribution in [3.63, 3.8) is 0 Å². The summed E-state index contributed by atoms with van der Waals surface area (Å²) in [6.07, 6.45) is 1.02. The Morgan fingerprint density at radius 2 is 1.66 bits per heavy atom. The lowest BCUT2D eigenvalue weighted by Crippen LogP contribution is -2.50. The Balaban J connectivity index is 2.40. The largest absolute Gasteiger partial charge is 0.497 e. The van der Waals surface area contributed by atoms with Crippen molar-refractivity contribution in [1.82, 2.24) is 10.2 Å². The number of hydrogen-bond donors (Lipinski definition) is 1. The molecule has 0 aliphatic heterocycles. The third-order valence-corrected chi connectivity index (χ3v) is 6.09. The lowest BCUT2D eigenvalue weighted by atomic mass is 10.1. The molecule has 0 aliphatic rings. The second-order valence-electron chi connectivity index (χ2n) is 7.10. The molecule has 0 saturated carbocycles. The van der Waals surface area contributed by atoms with Crippen LogP contribution < -0.4 is 19.1 Å². The predicted molar refractivity (Wildman–Crippen MR) is 122 cm³/mol. The number of para-hydroxylation sites is 2. The Bertz CT molecular complexity index is 1040. The molecule has 2 amide bonds. The number of carbonyl (C=O) groups excluding carboxylic acids is 2. The summed E-state index contributed by atoms with van der Waals surface area (Å²) in [6, 6.07) is 12.8. The number of amides is 2. The quantitative estimate of drug-likeness (QED) is 0.574. The number of hydrogen-bond acceptors (Lipinski definition) is 6. The van der Waals surface area contributed by atoms with Gasteiger partial charge in [-0.3, -0.25) is 13.9 Å². The Labute approximate surface area is 189 Å². The lowest BCUT2D eigenvalue weighted by Gasteiger charge is -2.31. The van der Waals surface area contributed by atoms with Crippen LogP contribution in [0.15, 0.2) is 48.5 Å². The monoisotopic (exact) mass is 463 g/mol. The van der Waals surface area contributed by atoms with Crippen LogP contribution in [0.25, 0.3) is 0 Å². The number of likely N-dealkylation sites (N-methyl/N-ethyl adjacent to an activating group) is 1. The maximum absolute atomic E-state index is 13.3. The van der Waals surface area contributed by atoms with Crippen molar-refractivity contribution in [1.29, 1.82) is 0 Å². The van der Waals surface area contributed by atoms with Crippen molar-refractivity contribution >= 4 is 27.5 Å². The Morgan fingerprint density at radius 3 is 2.19 bits per heavy atom. The number of anilines is 1. The highest BCUT2D eigenvalue weighted by Gasteiger charge is 2.30. The Hall–Kier alpha value is -3.27. The highest BCUT2D eigenvalue weighted by molar-refractivity contribution is 7.92. The van der Waals surface area contributed by atoms with E-state index < -0.39 is 28.5 Å². The van der Waals surface area contributed by atoms with E-state index in [1.54, 1.807) is 62.6 Å². The molecule has 1 atom stereocenters. The van der Waals surface area contributed by atoms with Crippen LogP contribution in [0.1, 0.15) is 12.5 Å². The molecule has 1 unspecified atom stereocenters. The fraction of sp³-hybridized carbons (Fsp3) is 0.364. The van der Waals surface area contributed by atoms with Crippen molar-refractivity contribution < 1.29 is 27.5 Å². The number of nitrogens with one attached hydrogen (secondary N) is 1. The highest BCUT2D eigenvalue weighted by Crippen LogP contribution is 2.29. The van der Waals surface area contributed by atoms with Gasteiger partial charge in [0.05, 0.1) is 26.2 Å². The summed E-state index contributed by atoms with van der Waals surface area (Å²) >= 11 is 0. The molecule has 0 heterocycles. The molecule has 0 aliphatic carbocycles. The van der Waals surface area contributed by atoms with E-state index in [1.807, 2.05) is 0 Å². The fourth-order valence-electron chi connectivity index (χ4n) is 3.15. The first-order valence-electron chi connectivity index (χ1n) is 9.87. The van der Waals surface area contributed by atoms with Gasteiger partial charge < -0.3 is 19.7 Å². The van der Waals surface area contributed by atoms with Gasteiger partial charge in [0, 0.05) is 13.6 Å². The molecule has 10 heteroatoms. The molecule has 9 nitrogen and oxygen atoms in total. The second-order valence-corrected chi connectivity index (χ2v) is 9.01. The summed E-state index contributed by atoms with van der Waals surface area (Å²) in [7, 11) is 0.628. The Morgan fingerprint density at radius 1 is 1.03 bits per heavy atom. The van der Waals surface area contributed by atoms with Gasteiger partial charge in [0.1, 0.15) is 24.1 Å². The molecule has 0 radical (unpaired) electrons. The summed E-state index contributed by atoms with van der Waals surface area (Å²) in [6.45, 7) is 1.21. The van der Waals surface area contributed by atoms with Gasteiger partial charge in [0.2, 0.25) is 21.8 Å². The van der Waals surface area contributed by atoms with E-state index in [-0.39, 0.29) is 18.1 Å². The standard InChI is InChI=1S/C22H29N3O6S/c1-16(22(27)23-2)24(14-17-10-12-18(30-3)13-11-17)21(26)15-25(32(5,28)29)19-8-6-7-9-20(19)31-4/h6-13,16H,14-15H2,1-5H3,(H,23,27). The van der Waals surface area contributed by atoms with E-state index in [9.17, 15) is 18.0 Å². The summed E-state index contributed by atoms with van der Waals surface area (Å²) < 4.78 is 36.5. The van der Waals surface area contributed by atoms with Gasteiger partial charge in [-0.15, -0.1) is 0 Å². The van der Waals surface area contributed by atoms with Crippen LogP contribution in [0.2, 0.25) is 0 Å². The zero-order valence-electron chi connectivity index (χ0n) is 18.9. The third kappa shape index (κ3) is 6.13. The van der Waals surface area contributed by atoms with Crippen molar-refractivity contribution in [2.24, 2.45) is 0 Å². The number of ether oxygens (including phenoxy) is 2. The molecule has 174 valence electrons. The van der Waals surface area contributed by atoms with Gasteiger partial charge in [-0.2, -0.15) is 0 Å². The molecule has 0 saturated heterocycles. The van der Waals surface area contributed by atoms with Crippen LogP contribution in [0.5, 0.6) is 11.5 Å². The average molecular weight is 464 g/mol. The molecule has 1 N–H and O–H groups in total. The molecule has 2 rings (SSSR count). The molecule has 2 aromatic carbocycles. The maximum atomic E-state index is 13.3. The number of sulfonamides is 1. The number of methoxy groups -OCH3 is 2. The first-order valence-corrected chi connectivity index (χ1v) is 11.7. The summed E-state index contributed by atoms with van der Waals surface area (Å²) in [5.74, 6) is 0.0699. The van der Waals surface area contributed by atoms with Crippen LogP contribution in [0, 0.1) is 0 Å². The van der Waals surface area contributed by atoms with E-state index in [4.69, 9.17) is 9.47 Å². The summed E-state index contributed by atoms with van der Waals surface area (Å²) in [4.78, 5) is 27.0. The molecular weight excluding hydrogens is 434 g/mol. The molecular formula is C22H29N3O6S. The van der Waals surface area contributed by atoms with Crippen molar-refractivity contribution in [3.05, 3.63) is 54.1 Å². The van der Waals surface area contributed by atoms with Crippen LogP contribution in [-0.2, 0) is 26.2 Å². The van der Waals surface area contributed by atoms with Gasteiger partial charge in [0.25, 0.3) is 0 Å². The lowest BCUT2D eigenvalue weighted by molar-refractivity contribution is -0.139. The number of carbonyl (C=O) groups is 2. The molecule has 0 spiro atoms. The van der Waals surface area contributed by atoms with Crippen molar-refractivity contribution in [3.8, 4) is 11.5 Å². The summed E-state index contributed by atoms with van der Waals surface area (Å²) in [5, 5.41) is 2.53. The van der Waals surface area contributed by atoms with Gasteiger partial charge in [-0.05, 0) is 36.8 Å². The maximum Gasteiger partial charge on any atom is 0.244 e. The van der Waals surface area contributed by atoms with Gasteiger partial charge in [-0.1, -0.05) is 24.3 Å². The number of nitrogens with zero attached hydrogens (tertiary/aromatic N) is 2.